The summed E-state index contributed by atoms with van der Waals surface area (Å²) in [7, 11) is 0. The summed E-state index contributed by atoms with van der Waals surface area (Å²) in [5.41, 5.74) is -2.41. The quantitative estimate of drug-likeness (QED) is 0.443. The van der Waals surface area contributed by atoms with E-state index in [2.05, 4.69) is 4.90 Å². The van der Waals surface area contributed by atoms with Crippen molar-refractivity contribution in [1.29, 1.82) is 0 Å². The Hall–Kier alpha value is -2.39. The van der Waals surface area contributed by atoms with Gasteiger partial charge in [-0.25, -0.2) is 0 Å². The molecular weight excluding hydrogens is 436 g/mol. The van der Waals surface area contributed by atoms with Gasteiger partial charge < -0.3 is 4.74 Å². The van der Waals surface area contributed by atoms with Gasteiger partial charge >= 0.3 is 12.4 Å². The molecule has 3 nitrogen and oxygen atoms in total. The van der Waals surface area contributed by atoms with Crippen molar-refractivity contribution in [3.63, 3.8) is 0 Å². The molecule has 2 atom stereocenters. The molecule has 4 rings (SSSR count). The van der Waals surface area contributed by atoms with Crippen LogP contribution < -0.4 is 0 Å². The number of hydrogen-bond donors (Lipinski definition) is 0. The Morgan fingerprint density at radius 2 is 1.41 bits per heavy atom. The highest BCUT2D eigenvalue weighted by molar-refractivity contribution is 5.98. The second-order valence-electron chi connectivity index (χ2n) is 8.33. The topological polar surface area (TPSA) is 29.5 Å². The molecule has 0 spiro atoms. The molecule has 9 heteroatoms. The van der Waals surface area contributed by atoms with E-state index in [4.69, 9.17) is 4.74 Å². The van der Waals surface area contributed by atoms with Gasteiger partial charge in [0.25, 0.3) is 0 Å². The number of nitrogens with zero attached hydrogens (tertiary/aromatic N) is 1. The Bertz CT molecular complexity index is 926. The van der Waals surface area contributed by atoms with E-state index in [1.807, 2.05) is 30.3 Å². The number of piperidine rings is 1. The molecule has 2 aromatic carbocycles. The highest BCUT2D eigenvalue weighted by atomic mass is 19.4. The molecule has 0 N–H and O–H groups in total. The zero-order chi connectivity index (χ0) is 23.1. The first-order valence-corrected chi connectivity index (χ1v) is 10.2. The molecule has 2 aliphatic heterocycles. The maximum atomic E-state index is 13.2. The number of benzene rings is 2. The van der Waals surface area contributed by atoms with Gasteiger partial charge in [0, 0.05) is 30.1 Å². The van der Waals surface area contributed by atoms with E-state index < -0.39 is 40.7 Å². The minimum atomic E-state index is -4.99. The largest absolute Gasteiger partial charge is 0.416 e. The van der Waals surface area contributed by atoms with Crippen molar-refractivity contribution < 1.29 is 35.9 Å². The Labute approximate surface area is 181 Å². The molecule has 2 unspecified atom stereocenters. The molecule has 0 amide bonds. The third kappa shape index (κ3) is 4.83. The number of fused-ring (bicyclic) bond motifs is 2. The predicted molar refractivity (Wildman–Crippen MR) is 104 cm³/mol. The predicted octanol–water partition coefficient (Wildman–Crippen LogP) is 5.59. The Balaban J connectivity index is 1.58. The number of halogens is 6. The van der Waals surface area contributed by atoms with Crippen LogP contribution in [0.2, 0.25) is 0 Å². The molecule has 2 aromatic rings. The lowest BCUT2D eigenvalue weighted by Gasteiger charge is -2.48. The summed E-state index contributed by atoms with van der Waals surface area (Å²) in [6, 6.07) is 10.5. The van der Waals surface area contributed by atoms with E-state index in [0.717, 1.165) is 5.56 Å². The van der Waals surface area contributed by atoms with Crippen LogP contribution in [-0.2, 0) is 23.6 Å². The van der Waals surface area contributed by atoms with Gasteiger partial charge in [0.1, 0.15) is 0 Å². The lowest BCUT2D eigenvalue weighted by Crippen LogP contribution is -2.57. The third-order valence-corrected chi connectivity index (χ3v) is 6.12. The van der Waals surface area contributed by atoms with Crippen LogP contribution in [0.4, 0.5) is 26.3 Å². The molecule has 172 valence electrons. The molecule has 2 aliphatic rings. The minimum Gasteiger partial charge on any atom is -0.378 e. The highest BCUT2D eigenvalue weighted by Crippen LogP contribution is 2.39. The standard InChI is InChI=1S/C23H21F6NO2/c24-22(25,26)17-6-15(7-18(10-17)23(27,28)29)21(31)16-8-19-12-32-13-20(9-16)30(19)11-14-4-2-1-3-5-14/h1-7,10,16,19-20H,8-9,11-13H2. The van der Waals surface area contributed by atoms with E-state index in [1.165, 1.54) is 0 Å². The summed E-state index contributed by atoms with van der Waals surface area (Å²) in [6.45, 7) is 1.37. The summed E-state index contributed by atoms with van der Waals surface area (Å²) in [6.07, 6.45) is -9.33. The fraction of sp³-hybridized carbons (Fsp3) is 0.435. The number of Topliss-reactive ketones (excluding diaryl/α,β-unsaturated/α-hetero) is 1. The molecule has 2 bridgehead atoms. The molecule has 2 heterocycles. The summed E-state index contributed by atoms with van der Waals surface area (Å²) in [5.74, 6) is -1.34. The van der Waals surface area contributed by atoms with E-state index in [1.54, 1.807) is 0 Å². The number of ketones is 1. The molecule has 0 aromatic heterocycles. The number of rotatable bonds is 4. The van der Waals surface area contributed by atoms with E-state index in [0.29, 0.717) is 44.7 Å². The van der Waals surface area contributed by atoms with Crippen molar-refractivity contribution in [1.82, 2.24) is 4.90 Å². The average molecular weight is 457 g/mol. The number of carbonyl (C=O) groups is 1. The Morgan fingerprint density at radius 1 is 0.875 bits per heavy atom. The zero-order valence-electron chi connectivity index (χ0n) is 16.9. The van der Waals surface area contributed by atoms with E-state index >= 15 is 0 Å². The summed E-state index contributed by atoms with van der Waals surface area (Å²) < 4.78 is 84.7. The highest BCUT2D eigenvalue weighted by Gasteiger charge is 2.43. The molecule has 2 fully saturated rings. The van der Waals surface area contributed by atoms with Crippen molar-refractivity contribution in [3.8, 4) is 0 Å². The lowest BCUT2D eigenvalue weighted by molar-refractivity contribution is -0.143. The number of morpholine rings is 1. The van der Waals surface area contributed by atoms with Gasteiger partial charge in [0.15, 0.2) is 5.78 Å². The summed E-state index contributed by atoms with van der Waals surface area (Å²) in [5, 5.41) is 0. The molecule has 2 saturated heterocycles. The van der Waals surface area contributed by atoms with Crippen LogP contribution in [0, 0.1) is 5.92 Å². The van der Waals surface area contributed by atoms with Crippen LogP contribution in [0.15, 0.2) is 48.5 Å². The van der Waals surface area contributed by atoms with Gasteiger partial charge in [-0.2, -0.15) is 26.3 Å². The number of carbonyl (C=O) groups excluding carboxylic acids is 1. The van der Waals surface area contributed by atoms with Crippen LogP contribution in [0.5, 0.6) is 0 Å². The van der Waals surface area contributed by atoms with Crippen molar-refractivity contribution in [2.45, 2.75) is 43.8 Å². The van der Waals surface area contributed by atoms with Crippen molar-refractivity contribution >= 4 is 5.78 Å². The first-order valence-electron chi connectivity index (χ1n) is 10.2. The number of alkyl halides is 6. The summed E-state index contributed by atoms with van der Waals surface area (Å²) in [4.78, 5) is 15.3. The second kappa shape index (κ2) is 8.51. The third-order valence-electron chi connectivity index (χ3n) is 6.12. The fourth-order valence-corrected chi connectivity index (χ4v) is 4.59. The van der Waals surface area contributed by atoms with Crippen molar-refractivity contribution in [2.24, 2.45) is 5.92 Å². The minimum absolute atomic E-state index is 0.0435. The van der Waals surface area contributed by atoms with Gasteiger partial charge in [-0.05, 0) is 36.6 Å². The fourth-order valence-electron chi connectivity index (χ4n) is 4.59. The normalized spacial score (nSPS) is 24.4. The zero-order valence-corrected chi connectivity index (χ0v) is 16.9. The van der Waals surface area contributed by atoms with Gasteiger partial charge in [-0.15, -0.1) is 0 Å². The molecule has 32 heavy (non-hydrogen) atoms. The van der Waals surface area contributed by atoms with Crippen LogP contribution in [0.3, 0.4) is 0 Å². The van der Waals surface area contributed by atoms with Gasteiger partial charge in [-0.1, -0.05) is 30.3 Å². The van der Waals surface area contributed by atoms with Crippen molar-refractivity contribution in [2.75, 3.05) is 13.2 Å². The van der Waals surface area contributed by atoms with Crippen LogP contribution in [-0.4, -0.2) is 36.0 Å². The molecule has 0 aliphatic carbocycles. The maximum Gasteiger partial charge on any atom is 0.416 e. The van der Waals surface area contributed by atoms with Crippen LogP contribution in [0.25, 0.3) is 0 Å². The maximum absolute atomic E-state index is 13.2. The number of ether oxygens (including phenoxy) is 1. The summed E-state index contributed by atoms with van der Waals surface area (Å²) >= 11 is 0. The molecule has 0 saturated carbocycles. The smallest absolute Gasteiger partial charge is 0.378 e. The SMILES string of the molecule is O=C(c1cc(C(F)(F)F)cc(C(F)(F)F)c1)C1CC2COCC(C1)N2Cc1ccccc1. The van der Waals surface area contributed by atoms with Crippen LogP contribution >= 0.6 is 0 Å². The van der Waals surface area contributed by atoms with Gasteiger partial charge in [0.05, 0.1) is 24.3 Å². The first kappa shape index (κ1) is 22.8. The Morgan fingerprint density at radius 3 is 1.91 bits per heavy atom. The second-order valence-corrected chi connectivity index (χ2v) is 8.33. The van der Waals surface area contributed by atoms with Crippen LogP contribution in [0.1, 0.15) is 39.9 Å². The number of hydrogen-bond acceptors (Lipinski definition) is 3. The average Bonchev–Trinajstić information content (AvgIpc) is 2.72. The molecule has 0 radical (unpaired) electrons. The first-order chi connectivity index (χ1) is 15.0. The Kier molecular flexibility index (Phi) is 6.06. The van der Waals surface area contributed by atoms with Crippen molar-refractivity contribution in [3.05, 3.63) is 70.8 Å². The molecular formula is C23H21F6NO2. The lowest BCUT2D eigenvalue weighted by atomic mass is 9.80. The van der Waals surface area contributed by atoms with Gasteiger partial charge in [-0.3, -0.25) is 9.69 Å². The van der Waals surface area contributed by atoms with Gasteiger partial charge in [0.2, 0.25) is 0 Å². The van der Waals surface area contributed by atoms with E-state index in [9.17, 15) is 31.1 Å². The monoisotopic (exact) mass is 457 g/mol. The van der Waals surface area contributed by atoms with E-state index in [-0.39, 0.29) is 18.2 Å².